The fourth-order valence-corrected chi connectivity index (χ4v) is 2.29. The summed E-state index contributed by atoms with van der Waals surface area (Å²) in [7, 11) is 5.51. The zero-order valence-corrected chi connectivity index (χ0v) is 11.2. The summed E-state index contributed by atoms with van der Waals surface area (Å²) in [4.78, 5) is 0. The molecule has 3 heteroatoms. The van der Waals surface area contributed by atoms with Gasteiger partial charge in [0.1, 0.15) is 19.5 Å². The van der Waals surface area contributed by atoms with E-state index in [1.165, 1.54) is 18.2 Å². The maximum atomic E-state index is 14.3. The van der Waals surface area contributed by atoms with E-state index in [0.29, 0.717) is 5.46 Å². The van der Waals surface area contributed by atoms with Gasteiger partial charge in [-0.05, 0) is 23.3 Å². The topological polar surface area (TPSA) is 0 Å². The molecule has 0 aliphatic heterocycles. The van der Waals surface area contributed by atoms with Crippen LogP contribution >= 0.6 is 0 Å². The van der Waals surface area contributed by atoms with Crippen LogP contribution in [-0.2, 0) is 0 Å². The van der Waals surface area contributed by atoms with Gasteiger partial charge in [0.25, 0.3) is 0 Å². The van der Waals surface area contributed by atoms with Crippen LogP contribution in [0.25, 0.3) is 22.3 Å². The number of halogens is 2. The molecule has 3 aromatic rings. The van der Waals surface area contributed by atoms with Crippen LogP contribution in [0.15, 0.2) is 66.7 Å². The van der Waals surface area contributed by atoms with Crippen molar-refractivity contribution in [3.8, 4) is 22.3 Å². The Bertz CT molecular complexity index is 782. The molecule has 0 unspecified atom stereocenters. The van der Waals surface area contributed by atoms with E-state index in [1.807, 2.05) is 30.3 Å². The number of hydrogen-bond donors (Lipinski definition) is 0. The molecule has 0 aromatic heterocycles. The maximum absolute atomic E-state index is 14.3. The molecule has 0 heterocycles. The van der Waals surface area contributed by atoms with E-state index in [-0.39, 0.29) is 11.1 Å². The predicted octanol–water partition coefficient (Wildman–Crippen LogP) is 4.09. The van der Waals surface area contributed by atoms with Gasteiger partial charge in [0.2, 0.25) is 0 Å². The summed E-state index contributed by atoms with van der Waals surface area (Å²) >= 11 is 0. The van der Waals surface area contributed by atoms with E-state index in [2.05, 4.69) is 0 Å². The van der Waals surface area contributed by atoms with Crippen molar-refractivity contribution < 1.29 is 8.78 Å². The Labute approximate surface area is 123 Å². The van der Waals surface area contributed by atoms with Gasteiger partial charge in [-0.1, -0.05) is 60.1 Å². The minimum absolute atomic E-state index is 0.210. The van der Waals surface area contributed by atoms with Crippen molar-refractivity contribution in [3.05, 3.63) is 78.4 Å². The van der Waals surface area contributed by atoms with Crippen molar-refractivity contribution >= 4 is 13.3 Å². The second-order valence-corrected chi connectivity index (χ2v) is 4.80. The first-order valence-electron chi connectivity index (χ1n) is 6.55. The van der Waals surface area contributed by atoms with Crippen LogP contribution < -0.4 is 5.46 Å². The average Bonchev–Trinajstić information content (AvgIpc) is 2.49. The van der Waals surface area contributed by atoms with Gasteiger partial charge in [-0.15, -0.1) is 0 Å². The molecule has 0 saturated carbocycles. The molecule has 0 saturated heterocycles. The molecule has 0 nitrogen and oxygen atoms in total. The Morgan fingerprint density at radius 1 is 0.619 bits per heavy atom. The van der Waals surface area contributed by atoms with Crippen LogP contribution in [0.2, 0.25) is 0 Å². The molecule has 21 heavy (non-hydrogen) atoms. The molecule has 0 amide bonds. The quantitative estimate of drug-likeness (QED) is 0.618. The Morgan fingerprint density at radius 2 is 1.24 bits per heavy atom. The SMILES string of the molecule is [B]c1ccc(-c2ccc(-c3ccccc3)cc2F)c(F)c1. The molecule has 0 atom stereocenters. The van der Waals surface area contributed by atoms with Crippen molar-refractivity contribution in [3.63, 3.8) is 0 Å². The molecule has 0 aliphatic carbocycles. The highest BCUT2D eigenvalue weighted by Gasteiger charge is 2.11. The molecule has 0 aliphatic rings. The van der Waals surface area contributed by atoms with Crippen molar-refractivity contribution in [1.82, 2.24) is 0 Å². The molecular weight excluding hydrogens is 265 g/mol. The lowest BCUT2D eigenvalue weighted by Crippen LogP contribution is -2.03. The van der Waals surface area contributed by atoms with Gasteiger partial charge in [-0.2, -0.15) is 0 Å². The van der Waals surface area contributed by atoms with Gasteiger partial charge in [0.15, 0.2) is 0 Å². The highest BCUT2D eigenvalue weighted by Crippen LogP contribution is 2.29. The lowest BCUT2D eigenvalue weighted by atomic mass is 9.92. The molecule has 3 rings (SSSR count). The normalized spacial score (nSPS) is 10.6. The summed E-state index contributed by atoms with van der Waals surface area (Å²) in [6.07, 6.45) is 0. The second-order valence-electron chi connectivity index (χ2n) is 4.80. The van der Waals surface area contributed by atoms with Crippen LogP contribution in [0, 0.1) is 11.6 Å². The summed E-state index contributed by atoms with van der Waals surface area (Å²) in [5.74, 6) is -0.985. The predicted molar refractivity (Wildman–Crippen MR) is 82.6 cm³/mol. The van der Waals surface area contributed by atoms with Crippen molar-refractivity contribution in [2.24, 2.45) is 0 Å². The van der Waals surface area contributed by atoms with Crippen LogP contribution in [0.5, 0.6) is 0 Å². The maximum Gasteiger partial charge on any atom is 0.131 e. The first-order valence-corrected chi connectivity index (χ1v) is 6.55. The summed E-state index contributed by atoms with van der Waals surface area (Å²) < 4.78 is 28.2. The molecule has 0 bridgehead atoms. The minimum Gasteiger partial charge on any atom is -0.206 e. The van der Waals surface area contributed by atoms with Gasteiger partial charge in [-0.3, -0.25) is 0 Å². The zero-order valence-electron chi connectivity index (χ0n) is 11.2. The van der Waals surface area contributed by atoms with Gasteiger partial charge < -0.3 is 0 Å². The molecule has 0 N–H and O–H groups in total. The largest absolute Gasteiger partial charge is 0.206 e. The first kappa shape index (κ1) is 13.6. The lowest BCUT2D eigenvalue weighted by molar-refractivity contribution is 0.617. The summed E-state index contributed by atoms with van der Waals surface area (Å²) in [5.41, 5.74) is 2.43. The minimum atomic E-state index is -0.527. The molecule has 3 aromatic carbocycles. The van der Waals surface area contributed by atoms with Gasteiger partial charge >= 0.3 is 0 Å². The molecule has 0 fully saturated rings. The highest BCUT2D eigenvalue weighted by atomic mass is 19.1. The standard InChI is InChI=1S/C18H11BF2/c19-14-7-9-16(18(21)11-14)15-8-6-13(10-17(15)20)12-4-2-1-3-5-12/h1-11H. The Hall–Kier alpha value is -2.42. The molecule has 2 radical (unpaired) electrons. The van der Waals surface area contributed by atoms with Crippen LogP contribution in [0.4, 0.5) is 8.78 Å². The number of hydrogen-bond acceptors (Lipinski definition) is 0. The fraction of sp³-hybridized carbons (Fsp3) is 0. The van der Waals surface area contributed by atoms with E-state index in [1.54, 1.807) is 18.2 Å². The zero-order chi connectivity index (χ0) is 14.8. The van der Waals surface area contributed by atoms with E-state index >= 15 is 0 Å². The van der Waals surface area contributed by atoms with E-state index < -0.39 is 11.6 Å². The fourth-order valence-electron chi connectivity index (χ4n) is 2.29. The van der Waals surface area contributed by atoms with Gasteiger partial charge in [0, 0.05) is 11.1 Å². The second kappa shape index (κ2) is 5.53. The lowest BCUT2D eigenvalue weighted by Gasteiger charge is -2.08. The van der Waals surface area contributed by atoms with E-state index in [0.717, 1.165) is 11.1 Å². The Kier molecular flexibility index (Phi) is 3.57. The summed E-state index contributed by atoms with van der Waals surface area (Å²) in [6, 6.07) is 18.5. The molecular formula is C18H11BF2. The van der Waals surface area contributed by atoms with Gasteiger partial charge in [0.05, 0.1) is 0 Å². The van der Waals surface area contributed by atoms with Crippen molar-refractivity contribution in [2.45, 2.75) is 0 Å². The van der Waals surface area contributed by atoms with E-state index in [4.69, 9.17) is 7.85 Å². The highest BCUT2D eigenvalue weighted by molar-refractivity contribution is 6.32. The first-order chi connectivity index (χ1) is 10.1. The third kappa shape index (κ3) is 2.73. The summed E-state index contributed by atoms with van der Waals surface area (Å²) in [5, 5.41) is 0. The van der Waals surface area contributed by atoms with E-state index in [9.17, 15) is 8.78 Å². The van der Waals surface area contributed by atoms with Crippen molar-refractivity contribution in [2.75, 3.05) is 0 Å². The third-order valence-electron chi connectivity index (χ3n) is 3.36. The Morgan fingerprint density at radius 3 is 1.86 bits per heavy atom. The smallest absolute Gasteiger partial charge is 0.131 e. The number of benzene rings is 3. The Balaban J connectivity index is 2.06. The molecule has 0 spiro atoms. The van der Waals surface area contributed by atoms with Crippen LogP contribution in [0.1, 0.15) is 0 Å². The monoisotopic (exact) mass is 276 g/mol. The van der Waals surface area contributed by atoms with Crippen molar-refractivity contribution in [1.29, 1.82) is 0 Å². The molecule has 100 valence electrons. The average molecular weight is 276 g/mol. The third-order valence-corrected chi connectivity index (χ3v) is 3.36. The van der Waals surface area contributed by atoms with Gasteiger partial charge in [-0.25, -0.2) is 8.78 Å². The summed E-state index contributed by atoms with van der Waals surface area (Å²) in [6.45, 7) is 0. The number of rotatable bonds is 2. The van der Waals surface area contributed by atoms with Crippen LogP contribution in [0.3, 0.4) is 0 Å². The van der Waals surface area contributed by atoms with Crippen LogP contribution in [-0.4, -0.2) is 7.85 Å².